The molecule has 0 N–H and O–H groups in total. The lowest BCUT2D eigenvalue weighted by atomic mass is 9.97. The van der Waals surface area contributed by atoms with E-state index in [9.17, 15) is 0 Å². The van der Waals surface area contributed by atoms with E-state index >= 15 is 0 Å². The van der Waals surface area contributed by atoms with Crippen LogP contribution in [-0.4, -0.2) is 62.2 Å². The van der Waals surface area contributed by atoms with Crippen LogP contribution < -0.4 is 9.80 Å². The monoisotopic (exact) mass is 726 g/mol. The van der Waals surface area contributed by atoms with Crippen LogP contribution in [-0.2, 0) is 31.0 Å². The van der Waals surface area contributed by atoms with Gasteiger partial charge in [-0.15, -0.1) is 0 Å². The van der Waals surface area contributed by atoms with E-state index < -0.39 is 0 Å². The molecule has 0 aliphatic carbocycles. The number of para-hydroxylation sites is 2. The Bertz CT molecular complexity index is 2000. The van der Waals surface area contributed by atoms with Crippen molar-refractivity contribution in [3.05, 3.63) is 179 Å². The van der Waals surface area contributed by atoms with Crippen LogP contribution in [0.3, 0.4) is 0 Å². The van der Waals surface area contributed by atoms with Gasteiger partial charge in [0.25, 0.3) is 0 Å². The number of rotatable bonds is 12. The van der Waals surface area contributed by atoms with Crippen LogP contribution in [0.5, 0.6) is 0 Å². The average molecular weight is 727 g/mol. The Morgan fingerprint density at radius 3 is 1.20 bits per heavy atom. The zero-order chi connectivity index (χ0) is 37.4. The van der Waals surface area contributed by atoms with Gasteiger partial charge in [0.1, 0.15) is 0 Å². The second-order valence-electron chi connectivity index (χ2n) is 15.3. The summed E-state index contributed by atoms with van der Waals surface area (Å²) in [6.45, 7) is 16.1. The summed E-state index contributed by atoms with van der Waals surface area (Å²) >= 11 is 0. The van der Waals surface area contributed by atoms with Crippen LogP contribution in [0, 0.1) is 13.8 Å². The second kappa shape index (κ2) is 17.5. The molecular weight excluding hydrogens is 673 g/mol. The second-order valence-corrected chi connectivity index (χ2v) is 15.3. The highest BCUT2D eigenvalue weighted by molar-refractivity contribution is 5.80. The third-order valence-electron chi connectivity index (χ3n) is 11.6. The topological polar surface area (TPSA) is 22.2 Å². The first-order valence-corrected chi connectivity index (χ1v) is 20.1. The van der Waals surface area contributed by atoms with Gasteiger partial charge in [0.15, 0.2) is 0 Å². The molecule has 2 aliphatic heterocycles. The van der Waals surface area contributed by atoms with Crippen LogP contribution in [0.25, 0.3) is 22.3 Å². The molecule has 0 amide bonds. The molecule has 2 heterocycles. The van der Waals surface area contributed by atoms with Gasteiger partial charge in [-0.2, -0.15) is 0 Å². The third-order valence-corrected chi connectivity index (χ3v) is 11.6. The van der Waals surface area contributed by atoms with Gasteiger partial charge < -0.3 is 14.5 Å². The summed E-state index contributed by atoms with van der Waals surface area (Å²) in [6.07, 6.45) is 0. The Hall–Kier alpha value is -5.20. The van der Waals surface area contributed by atoms with E-state index in [2.05, 4.69) is 179 Å². The summed E-state index contributed by atoms with van der Waals surface area (Å²) in [5.41, 5.74) is 15.6. The summed E-state index contributed by atoms with van der Waals surface area (Å²) in [5.74, 6) is 0. The standard InChI is InChI=1S/C50H54N4O/c1-39-33-43(47-17-9-11-19-49(47)53-29-25-51(26-30-53)35-41-13-5-3-6-14-41)21-23-45(39)37-55-38-46-24-22-44(34-40(46)2)48-18-10-12-20-50(48)54-31-27-52(28-32-54)36-42-15-7-4-8-16-42/h3-24,33-34H,25-32,35-38H2,1-2H3. The van der Waals surface area contributed by atoms with Crippen molar-refractivity contribution in [1.82, 2.24) is 9.80 Å². The zero-order valence-electron chi connectivity index (χ0n) is 32.5. The van der Waals surface area contributed by atoms with Crippen molar-refractivity contribution < 1.29 is 4.74 Å². The van der Waals surface area contributed by atoms with Gasteiger partial charge in [0.2, 0.25) is 0 Å². The maximum Gasteiger partial charge on any atom is 0.0724 e. The van der Waals surface area contributed by atoms with Crippen LogP contribution in [0.2, 0.25) is 0 Å². The van der Waals surface area contributed by atoms with E-state index in [0.717, 1.165) is 65.4 Å². The summed E-state index contributed by atoms with van der Waals surface area (Å²) < 4.78 is 6.38. The van der Waals surface area contributed by atoms with Crippen molar-refractivity contribution in [1.29, 1.82) is 0 Å². The van der Waals surface area contributed by atoms with Gasteiger partial charge in [-0.1, -0.05) is 133 Å². The van der Waals surface area contributed by atoms with Crippen molar-refractivity contribution in [2.24, 2.45) is 0 Å². The number of aryl methyl sites for hydroxylation is 2. The lowest BCUT2D eigenvalue weighted by Gasteiger charge is -2.37. The normalized spacial score (nSPS) is 15.4. The number of ether oxygens (including phenoxy) is 1. The van der Waals surface area contributed by atoms with E-state index in [1.165, 1.54) is 67.0 Å². The van der Waals surface area contributed by atoms with E-state index in [0.29, 0.717) is 13.2 Å². The predicted octanol–water partition coefficient (Wildman–Crippen LogP) is 10.00. The first-order valence-electron chi connectivity index (χ1n) is 20.1. The van der Waals surface area contributed by atoms with Crippen molar-refractivity contribution in [3.8, 4) is 22.3 Å². The number of nitrogens with zero attached hydrogens (tertiary/aromatic N) is 4. The first-order chi connectivity index (χ1) is 27.1. The molecule has 0 atom stereocenters. The molecule has 6 aromatic carbocycles. The average Bonchev–Trinajstić information content (AvgIpc) is 3.23. The minimum absolute atomic E-state index is 0.595. The third kappa shape index (κ3) is 9.03. The minimum Gasteiger partial charge on any atom is -0.372 e. The molecule has 2 aliphatic rings. The van der Waals surface area contributed by atoms with Gasteiger partial charge in [-0.3, -0.25) is 9.80 Å². The number of piperazine rings is 2. The Labute approximate surface area is 328 Å². The molecule has 0 radical (unpaired) electrons. The number of anilines is 2. The van der Waals surface area contributed by atoms with E-state index in [4.69, 9.17) is 4.74 Å². The smallest absolute Gasteiger partial charge is 0.0724 e. The van der Waals surface area contributed by atoms with E-state index in [1.54, 1.807) is 0 Å². The van der Waals surface area contributed by atoms with Gasteiger partial charge in [-0.25, -0.2) is 0 Å². The maximum absolute atomic E-state index is 6.38. The SMILES string of the molecule is Cc1cc(-c2ccccc2N2CCN(Cc3ccccc3)CC2)ccc1COCc1ccc(-c2ccccc2N2CCN(Cc3ccccc3)CC2)cc1C. The Morgan fingerprint density at radius 1 is 0.418 bits per heavy atom. The lowest BCUT2D eigenvalue weighted by Crippen LogP contribution is -2.46. The highest BCUT2D eigenvalue weighted by atomic mass is 16.5. The molecule has 280 valence electrons. The van der Waals surface area contributed by atoms with Gasteiger partial charge in [0, 0.05) is 87.9 Å². The number of hydrogen-bond donors (Lipinski definition) is 0. The van der Waals surface area contributed by atoms with Crippen LogP contribution in [0.15, 0.2) is 146 Å². The summed E-state index contributed by atoms with van der Waals surface area (Å²) in [5, 5.41) is 0. The molecule has 5 nitrogen and oxygen atoms in total. The quantitative estimate of drug-likeness (QED) is 0.125. The molecule has 8 rings (SSSR count). The van der Waals surface area contributed by atoms with Crippen molar-refractivity contribution in [2.45, 2.75) is 40.2 Å². The summed E-state index contributed by atoms with van der Waals surface area (Å²) in [4.78, 5) is 10.3. The summed E-state index contributed by atoms with van der Waals surface area (Å²) in [7, 11) is 0. The van der Waals surface area contributed by atoms with E-state index in [1.807, 2.05) is 0 Å². The van der Waals surface area contributed by atoms with Crippen molar-refractivity contribution in [2.75, 3.05) is 62.2 Å². The lowest BCUT2D eigenvalue weighted by molar-refractivity contribution is 0.106. The molecule has 0 saturated carbocycles. The molecule has 55 heavy (non-hydrogen) atoms. The van der Waals surface area contributed by atoms with E-state index in [-0.39, 0.29) is 0 Å². The fourth-order valence-corrected chi connectivity index (χ4v) is 8.29. The van der Waals surface area contributed by atoms with Crippen molar-refractivity contribution in [3.63, 3.8) is 0 Å². The zero-order valence-corrected chi connectivity index (χ0v) is 32.5. The highest BCUT2D eigenvalue weighted by Crippen LogP contribution is 2.35. The molecule has 0 bridgehead atoms. The van der Waals surface area contributed by atoms with Crippen LogP contribution in [0.4, 0.5) is 11.4 Å². The molecule has 0 spiro atoms. The molecular formula is C50H54N4O. The van der Waals surface area contributed by atoms with Crippen LogP contribution >= 0.6 is 0 Å². The highest BCUT2D eigenvalue weighted by Gasteiger charge is 2.22. The molecule has 2 fully saturated rings. The molecule has 6 aromatic rings. The Kier molecular flexibility index (Phi) is 11.7. The van der Waals surface area contributed by atoms with Gasteiger partial charge >= 0.3 is 0 Å². The molecule has 2 saturated heterocycles. The molecule has 0 aromatic heterocycles. The fourth-order valence-electron chi connectivity index (χ4n) is 8.29. The number of hydrogen-bond acceptors (Lipinski definition) is 5. The van der Waals surface area contributed by atoms with Gasteiger partial charge in [0.05, 0.1) is 13.2 Å². The fraction of sp³-hybridized carbons (Fsp3) is 0.280. The number of benzene rings is 6. The molecule has 0 unspecified atom stereocenters. The minimum atomic E-state index is 0.595. The Balaban J connectivity index is 0.865. The largest absolute Gasteiger partial charge is 0.372 e. The van der Waals surface area contributed by atoms with Crippen molar-refractivity contribution >= 4 is 11.4 Å². The summed E-state index contributed by atoms with van der Waals surface area (Å²) in [6, 6.07) is 53.2. The van der Waals surface area contributed by atoms with Crippen LogP contribution in [0.1, 0.15) is 33.4 Å². The predicted molar refractivity (Wildman–Crippen MR) is 230 cm³/mol. The molecule has 5 heteroatoms. The maximum atomic E-state index is 6.38. The first kappa shape index (κ1) is 36.8. The Morgan fingerprint density at radius 2 is 0.800 bits per heavy atom. The van der Waals surface area contributed by atoms with Gasteiger partial charge in [-0.05, 0) is 70.5 Å².